The fourth-order valence-corrected chi connectivity index (χ4v) is 1.20. The zero-order chi connectivity index (χ0) is 10.6. The summed E-state index contributed by atoms with van der Waals surface area (Å²) in [7, 11) is 0. The van der Waals surface area contributed by atoms with Crippen molar-refractivity contribution >= 4 is 17.7 Å². The van der Waals surface area contributed by atoms with Crippen LogP contribution in [0.5, 0.6) is 0 Å². The SMILES string of the molecule is CC(C)(C)C(OC(N)=O)[C@H](O)CCl. The van der Waals surface area contributed by atoms with E-state index in [9.17, 15) is 9.90 Å². The van der Waals surface area contributed by atoms with Crippen molar-refractivity contribution in [1.29, 1.82) is 0 Å². The molecule has 0 aromatic rings. The molecule has 0 saturated carbocycles. The van der Waals surface area contributed by atoms with Crippen molar-refractivity contribution in [1.82, 2.24) is 0 Å². The number of primary amides is 1. The van der Waals surface area contributed by atoms with Gasteiger partial charge in [-0.05, 0) is 0 Å². The van der Waals surface area contributed by atoms with Crippen molar-refractivity contribution < 1.29 is 14.6 Å². The number of aliphatic hydroxyl groups is 1. The van der Waals surface area contributed by atoms with Crippen molar-refractivity contribution in [2.24, 2.45) is 11.1 Å². The molecule has 1 unspecified atom stereocenters. The van der Waals surface area contributed by atoms with E-state index in [0.717, 1.165) is 0 Å². The fourth-order valence-electron chi connectivity index (χ4n) is 1.04. The lowest BCUT2D eigenvalue weighted by Gasteiger charge is -2.32. The molecule has 1 amide bonds. The number of ether oxygens (including phenoxy) is 1. The van der Waals surface area contributed by atoms with Crippen LogP contribution >= 0.6 is 11.6 Å². The Morgan fingerprint density at radius 2 is 2.08 bits per heavy atom. The first-order chi connectivity index (χ1) is 5.79. The van der Waals surface area contributed by atoms with Gasteiger partial charge in [0.25, 0.3) is 0 Å². The summed E-state index contributed by atoms with van der Waals surface area (Å²) in [5.74, 6) is 0.00914. The lowest BCUT2D eigenvalue weighted by molar-refractivity contribution is -0.0412. The van der Waals surface area contributed by atoms with Gasteiger partial charge in [-0.25, -0.2) is 4.79 Å². The lowest BCUT2D eigenvalue weighted by Crippen LogP contribution is -2.43. The van der Waals surface area contributed by atoms with Crippen molar-refractivity contribution in [2.45, 2.75) is 33.0 Å². The third-order valence-corrected chi connectivity index (χ3v) is 1.92. The van der Waals surface area contributed by atoms with Gasteiger partial charge in [0.15, 0.2) is 0 Å². The molecule has 2 atom stereocenters. The molecule has 3 N–H and O–H groups in total. The van der Waals surface area contributed by atoms with Gasteiger partial charge in [-0.1, -0.05) is 20.8 Å². The van der Waals surface area contributed by atoms with Crippen molar-refractivity contribution in [3.05, 3.63) is 0 Å². The van der Waals surface area contributed by atoms with Gasteiger partial charge in [0, 0.05) is 5.41 Å². The Morgan fingerprint density at radius 1 is 1.62 bits per heavy atom. The average Bonchev–Trinajstić information content (AvgIpc) is 1.96. The van der Waals surface area contributed by atoms with Crippen LogP contribution in [-0.4, -0.2) is 29.3 Å². The minimum atomic E-state index is -0.899. The summed E-state index contributed by atoms with van der Waals surface area (Å²) in [6.07, 6.45) is -2.47. The number of nitrogens with two attached hydrogens (primary N) is 1. The first kappa shape index (κ1) is 12.5. The Kier molecular flexibility index (Phi) is 4.50. The van der Waals surface area contributed by atoms with Gasteiger partial charge in [-0.2, -0.15) is 0 Å². The van der Waals surface area contributed by atoms with E-state index in [1.54, 1.807) is 0 Å². The Hall–Kier alpha value is -0.480. The summed E-state index contributed by atoms with van der Waals surface area (Å²) in [5.41, 5.74) is 4.48. The van der Waals surface area contributed by atoms with E-state index in [-0.39, 0.29) is 11.3 Å². The quantitative estimate of drug-likeness (QED) is 0.684. The molecule has 0 radical (unpaired) electrons. The fraction of sp³-hybridized carbons (Fsp3) is 0.875. The Balaban J connectivity index is 4.46. The predicted octanol–water partition coefficient (Wildman–Crippen LogP) is 1.10. The molecular formula is C8H16ClNO3. The van der Waals surface area contributed by atoms with Crippen LogP contribution in [-0.2, 0) is 4.74 Å². The summed E-state index contributed by atoms with van der Waals surface area (Å²) in [4.78, 5) is 10.5. The van der Waals surface area contributed by atoms with Crippen molar-refractivity contribution in [3.8, 4) is 0 Å². The zero-order valence-electron chi connectivity index (χ0n) is 8.08. The molecule has 0 spiro atoms. The molecule has 0 saturated heterocycles. The van der Waals surface area contributed by atoms with Crippen LogP contribution in [0, 0.1) is 5.41 Å². The van der Waals surface area contributed by atoms with E-state index in [2.05, 4.69) is 0 Å². The number of hydrogen-bond donors (Lipinski definition) is 2. The first-order valence-corrected chi connectivity index (χ1v) is 4.52. The topological polar surface area (TPSA) is 72.5 Å². The summed E-state index contributed by atoms with van der Waals surface area (Å²) in [6.45, 7) is 5.49. The van der Waals surface area contributed by atoms with Crippen LogP contribution < -0.4 is 5.73 Å². The molecule has 0 aliphatic heterocycles. The van der Waals surface area contributed by atoms with Crippen LogP contribution in [0.25, 0.3) is 0 Å². The first-order valence-electron chi connectivity index (χ1n) is 3.99. The smallest absolute Gasteiger partial charge is 0.404 e. The summed E-state index contributed by atoms with van der Waals surface area (Å²) in [6, 6.07) is 0. The van der Waals surface area contributed by atoms with Crippen LogP contribution in [0.2, 0.25) is 0 Å². The largest absolute Gasteiger partial charge is 0.443 e. The average molecular weight is 210 g/mol. The molecule has 0 bridgehead atoms. The number of hydrogen-bond acceptors (Lipinski definition) is 3. The minimum Gasteiger partial charge on any atom is -0.443 e. The van der Waals surface area contributed by atoms with E-state index in [0.29, 0.717) is 0 Å². The lowest BCUT2D eigenvalue weighted by atomic mass is 9.86. The Labute approximate surface area is 83.0 Å². The maximum absolute atomic E-state index is 10.5. The number of rotatable bonds is 3. The molecule has 0 aromatic carbocycles. The maximum Gasteiger partial charge on any atom is 0.404 e. The second kappa shape index (κ2) is 4.67. The maximum atomic E-state index is 10.5. The zero-order valence-corrected chi connectivity index (χ0v) is 8.84. The van der Waals surface area contributed by atoms with Crippen LogP contribution in [0.4, 0.5) is 4.79 Å². The van der Waals surface area contributed by atoms with Gasteiger partial charge in [-0.15, -0.1) is 11.6 Å². The van der Waals surface area contributed by atoms with Crippen LogP contribution in [0.1, 0.15) is 20.8 Å². The molecule has 5 heteroatoms. The molecule has 13 heavy (non-hydrogen) atoms. The highest BCUT2D eigenvalue weighted by Gasteiger charge is 2.33. The van der Waals surface area contributed by atoms with Gasteiger partial charge < -0.3 is 15.6 Å². The van der Waals surface area contributed by atoms with E-state index in [1.165, 1.54) is 0 Å². The molecular weight excluding hydrogens is 194 g/mol. The monoisotopic (exact) mass is 209 g/mol. The predicted molar refractivity (Wildman–Crippen MR) is 50.6 cm³/mol. The van der Waals surface area contributed by atoms with Crippen molar-refractivity contribution in [2.75, 3.05) is 5.88 Å². The molecule has 0 aliphatic carbocycles. The third kappa shape index (κ3) is 4.33. The van der Waals surface area contributed by atoms with Gasteiger partial charge in [-0.3, -0.25) is 0 Å². The molecule has 0 rings (SSSR count). The highest BCUT2D eigenvalue weighted by Crippen LogP contribution is 2.25. The summed E-state index contributed by atoms with van der Waals surface area (Å²) in [5, 5.41) is 9.44. The second-order valence-electron chi connectivity index (χ2n) is 3.95. The summed E-state index contributed by atoms with van der Waals surface area (Å²) >= 11 is 5.45. The number of carbonyl (C=O) groups is 1. The highest BCUT2D eigenvalue weighted by atomic mass is 35.5. The number of alkyl halides is 1. The normalized spacial score (nSPS) is 16.4. The Morgan fingerprint density at radius 3 is 2.31 bits per heavy atom. The van der Waals surface area contributed by atoms with Crippen molar-refractivity contribution in [3.63, 3.8) is 0 Å². The van der Waals surface area contributed by atoms with Gasteiger partial charge in [0.1, 0.15) is 12.2 Å². The van der Waals surface area contributed by atoms with Crippen LogP contribution in [0.3, 0.4) is 0 Å². The molecule has 0 aliphatic rings. The number of halogens is 1. The molecule has 0 aromatic heterocycles. The Bertz CT molecular complexity index is 179. The second-order valence-corrected chi connectivity index (χ2v) is 4.25. The molecule has 4 nitrogen and oxygen atoms in total. The summed E-state index contributed by atoms with van der Waals surface area (Å²) < 4.78 is 4.77. The van der Waals surface area contributed by atoms with E-state index in [4.69, 9.17) is 22.1 Å². The standard InChI is InChI=1S/C8H16ClNO3/c1-8(2,3)6(5(11)4-9)13-7(10)12/h5-6,11H,4H2,1-3H3,(H2,10,12)/t5-,6?/m1/s1. The van der Waals surface area contributed by atoms with E-state index in [1.807, 2.05) is 20.8 Å². The molecule has 78 valence electrons. The van der Waals surface area contributed by atoms with Gasteiger partial charge in [0.2, 0.25) is 0 Å². The van der Waals surface area contributed by atoms with E-state index < -0.39 is 18.3 Å². The van der Waals surface area contributed by atoms with Gasteiger partial charge in [0.05, 0.1) is 5.88 Å². The highest BCUT2D eigenvalue weighted by molar-refractivity contribution is 6.18. The molecule has 0 heterocycles. The molecule has 0 fully saturated rings. The van der Waals surface area contributed by atoms with Crippen LogP contribution in [0.15, 0.2) is 0 Å². The van der Waals surface area contributed by atoms with Gasteiger partial charge >= 0.3 is 6.09 Å². The number of carbonyl (C=O) groups excluding carboxylic acids is 1. The number of aliphatic hydroxyl groups excluding tert-OH is 1. The number of amides is 1. The third-order valence-electron chi connectivity index (χ3n) is 1.60. The minimum absolute atomic E-state index is 0.00914. The van der Waals surface area contributed by atoms with E-state index >= 15 is 0 Å².